The third kappa shape index (κ3) is 3.21. The summed E-state index contributed by atoms with van der Waals surface area (Å²) in [7, 11) is 1.43. The number of methoxy groups -OCH3 is 1. The average molecular weight is 348 g/mol. The van der Waals surface area contributed by atoms with Crippen LogP contribution in [-0.2, 0) is 5.60 Å². The number of nitrogens with zero attached hydrogens (tertiary/aromatic N) is 4. The number of benzene rings is 1. The molecule has 1 aromatic heterocycles. The summed E-state index contributed by atoms with van der Waals surface area (Å²) in [6.07, 6.45) is 2.04. The SMILES string of the molecule is COc1ccc(F)cc1C(=O)N1CC[C@@](O)(c2cn(C(C)C)nn2)C1. The number of β-amino-alcohol motifs (C(OH)–C–C–N with tert-alkyl or cyclic N) is 1. The average Bonchev–Trinajstić information content (AvgIpc) is 3.22. The van der Waals surface area contributed by atoms with Gasteiger partial charge in [0.2, 0.25) is 0 Å². The number of aliphatic hydroxyl groups is 1. The number of ether oxygens (including phenoxy) is 1. The van der Waals surface area contributed by atoms with Gasteiger partial charge in [0.05, 0.1) is 25.4 Å². The van der Waals surface area contributed by atoms with Crippen LogP contribution in [0, 0.1) is 5.82 Å². The van der Waals surface area contributed by atoms with E-state index in [2.05, 4.69) is 10.3 Å². The molecular weight excluding hydrogens is 327 g/mol. The summed E-state index contributed by atoms with van der Waals surface area (Å²) >= 11 is 0. The van der Waals surface area contributed by atoms with Crippen molar-refractivity contribution in [2.24, 2.45) is 0 Å². The molecule has 1 aliphatic rings. The lowest BCUT2D eigenvalue weighted by Gasteiger charge is -2.21. The third-order valence-electron chi connectivity index (χ3n) is 4.44. The molecule has 1 N–H and O–H groups in total. The van der Waals surface area contributed by atoms with E-state index in [4.69, 9.17) is 4.74 Å². The van der Waals surface area contributed by atoms with Crippen LogP contribution in [0.3, 0.4) is 0 Å². The fourth-order valence-electron chi connectivity index (χ4n) is 2.94. The second-order valence-electron chi connectivity index (χ2n) is 6.53. The number of likely N-dealkylation sites (tertiary alicyclic amines) is 1. The smallest absolute Gasteiger partial charge is 0.257 e. The van der Waals surface area contributed by atoms with Crippen LogP contribution in [0.2, 0.25) is 0 Å². The molecule has 1 aliphatic heterocycles. The lowest BCUT2D eigenvalue weighted by atomic mass is 10.00. The van der Waals surface area contributed by atoms with Gasteiger partial charge in [-0.05, 0) is 32.0 Å². The number of amides is 1. The minimum Gasteiger partial charge on any atom is -0.496 e. The van der Waals surface area contributed by atoms with Crippen molar-refractivity contribution in [1.82, 2.24) is 19.9 Å². The highest BCUT2D eigenvalue weighted by molar-refractivity contribution is 5.97. The molecule has 1 atom stereocenters. The van der Waals surface area contributed by atoms with Crippen LogP contribution in [0.15, 0.2) is 24.4 Å². The van der Waals surface area contributed by atoms with Gasteiger partial charge in [-0.15, -0.1) is 5.10 Å². The predicted octanol–water partition coefficient (Wildman–Crippen LogP) is 1.74. The number of halogens is 1. The lowest BCUT2D eigenvalue weighted by molar-refractivity contribution is 0.0380. The van der Waals surface area contributed by atoms with E-state index in [0.29, 0.717) is 24.4 Å². The van der Waals surface area contributed by atoms with Gasteiger partial charge in [0.15, 0.2) is 0 Å². The van der Waals surface area contributed by atoms with Gasteiger partial charge in [-0.3, -0.25) is 4.79 Å². The van der Waals surface area contributed by atoms with Crippen molar-refractivity contribution in [2.45, 2.75) is 31.9 Å². The van der Waals surface area contributed by atoms with Crippen molar-refractivity contribution in [1.29, 1.82) is 0 Å². The molecule has 2 heterocycles. The lowest BCUT2D eigenvalue weighted by Crippen LogP contribution is -2.35. The first-order valence-corrected chi connectivity index (χ1v) is 8.11. The summed E-state index contributed by atoms with van der Waals surface area (Å²) in [5.41, 5.74) is -0.691. The quantitative estimate of drug-likeness (QED) is 0.910. The summed E-state index contributed by atoms with van der Waals surface area (Å²) in [5.74, 6) is -0.602. The Kier molecular flexibility index (Phi) is 4.47. The highest BCUT2D eigenvalue weighted by Crippen LogP contribution is 2.33. The fraction of sp³-hybridized carbons (Fsp3) is 0.471. The molecular formula is C17H21FN4O3. The van der Waals surface area contributed by atoms with Crippen LogP contribution in [0.5, 0.6) is 5.75 Å². The predicted molar refractivity (Wildman–Crippen MR) is 87.8 cm³/mol. The first-order valence-electron chi connectivity index (χ1n) is 8.11. The molecule has 0 unspecified atom stereocenters. The summed E-state index contributed by atoms with van der Waals surface area (Å²) in [6, 6.07) is 3.92. The van der Waals surface area contributed by atoms with Gasteiger partial charge in [-0.25, -0.2) is 9.07 Å². The van der Waals surface area contributed by atoms with E-state index < -0.39 is 11.4 Å². The van der Waals surface area contributed by atoms with Crippen molar-refractivity contribution in [2.75, 3.05) is 20.2 Å². The van der Waals surface area contributed by atoms with E-state index in [1.807, 2.05) is 13.8 Å². The Hall–Kier alpha value is -2.48. The van der Waals surface area contributed by atoms with E-state index >= 15 is 0 Å². The largest absolute Gasteiger partial charge is 0.496 e. The van der Waals surface area contributed by atoms with Crippen molar-refractivity contribution >= 4 is 5.91 Å². The maximum Gasteiger partial charge on any atom is 0.257 e. The van der Waals surface area contributed by atoms with Gasteiger partial charge in [0, 0.05) is 19.0 Å². The number of hydrogen-bond acceptors (Lipinski definition) is 5. The molecule has 0 bridgehead atoms. The maximum atomic E-state index is 13.5. The van der Waals surface area contributed by atoms with Crippen LogP contribution >= 0.6 is 0 Å². The zero-order valence-corrected chi connectivity index (χ0v) is 14.4. The van der Waals surface area contributed by atoms with Crippen LogP contribution in [0.1, 0.15) is 42.4 Å². The van der Waals surface area contributed by atoms with Crippen LogP contribution in [-0.4, -0.2) is 51.1 Å². The molecule has 1 fully saturated rings. The number of carbonyl (C=O) groups is 1. The van der Waals surface area contributed by atoms with Gasteiger partial charge in [0.1, 0.15) is 22.9 Å². The van der Waals surface area contributed by atoms with E-state index in [1.54, 1.807) is 10.9 Å². The van der Waals surface area contributed by atoms with Gasteiger partial charge in [0.25, 0.3) is 5.91 Å². The first-order chi connectivity index (χ1) is 11.8. The Bertz CT molecular complexity index is 792. The van der Waals surface area contributed by atoms with Gasteiger partial charge in [-0.2, -0.15) is 0 Å². The van der Waals surface area contributed by atoms with Crippen LogP contribution in [0.4, 0.5) is 4.39 Å². The van der Waals surface area contributed by atoms with Gasteiger partial charge < -0.3 is 14.7 Å². The summed E-state index contributed by atoms with van der Waals surface area (Å²) in [4.78, 5) is 14.2. The number of rotatable bonds is 4. The maximum absolute atomic E-state index is 13.5. The zero-order chi connectivity index (χ0) is 18.2. The van der Waals surface area contributed by atoms with Crippen molar-refractivity contribution in [3.63, 3.8) is 0 Å². The van der Waals surface area contributed by atoms with Gasteiger partial charge in [-0.1, -0.05) is 5.21 Å². The minimum atomic E-state index is -1.26. The standard InChI is InChI=1S/C17H21FN4O3/c1-11(2)22-9-15(19-20-22)17(24)6-7-21(10-17)16(23)13-8-12(18)4-5-14(13)25-3/h4-5,8-9,11,24H,6-7,10H2,1-3H3/t17-/m0/s1. The first kappa shape index (κ1) is 17.3. The van der Waals surface area contributed by atoms with Crippen LogP contribution < -0.4 is 4.74 Å². The molecule has 0 saturated carbocycles. The molecule has 134 valence electrons. The molecule has 1 amide bonds. The molecule has 8 heteroatoms. The Morgan fingerprint density at radius 1 is 1.44 bits per heavy atom. The normalized spacial score (nSPS) is 20.3. The highest BCUT2D eigenvalue weighted by atomic mass is 19.1. The van der Waals surface area contributed by atoms with E-state index in [0.717, 1.165) is 6.07 Å². The second kappa shape index (κ2) is 6.44. The number of hydrogen-bond donors (Lipinski definition) is 1. The Balaban J connectivity index is 1.82. The summed E-state index contributed by atoms with van der Waals surface area (Å²) in [6.45, 7) is 4.33. The van der Waals surface area contributed by atoms with Crippen molar-refractivity contribution < 1.29 is 19.0 Å². The molecule has 2 aromatic rings. The molecule has 0 aliphatic carbocycles. The highest BCUT2D eigenvalue weighted by Gasteiger charge is 2.42. The van der Waals surface area contributed by atoms with E-state index in [-0.39, 0.29) is 24.1 Å². The summed E-state index contributed by atoms with van der Waals surface area (Å²) < 4.78 is 20.3. The Morgan fingerprint density at radius 2 is 2.20 bits per heavy atom. The summed E-state index contributed by atoms with van der Waals surface area (Å²) in [5, 5.41) is 18.9. The van der Waals surface area contributed by atoms with Gasteiger partial charge >= 0.3 is 0 Å². The fourth-order valence-corrected chi connectivity index (χ4v) is 2.94. The Labute approximate surface area is 145 Å². The van der Waals surface area contributed by atoms with E-state index in [9.17, 15) is 14.3 Å². The second-order valence-corrected chi connectivity index (χ2v) is 6.53. The topological polar surface area (TPSA) is 80.5 Å². The van der Waals surface area contributed by atoms with Crippen molar-refractivity contribution in [3.05, 3.63) is 41.5 Å². The Morgan fingerprint density at radius 3 is 2.84 bits per heavy atom. The zero-order valence-electron chi connectivity index (χ0n) is 14.4. The third-order valence-corrected chi connectivity index (χ3v) is 4.44. The number of aromatic nitrogens is 3. The molecule has 0 radical (unpaired) electrons. The molecule has 0 spiro atoms. The minimum absolute atomic E-state index is 0.0717. The van der Waals surface area contributed by atoms with E-state index in [1.165, 1.54) is 24.1 Å². The van der Waals surface area contributed by atoms with Crippen LogP contribution in [0.25, 0.3) is 0 Å². The number of carbonyl (C=O) groups excluding carboxylic acids is 1. The van der Waals surface area contributed by atoms with Crippen molar-refractivity contribution in [3.8, 4) is 5.75 Å². The monoisotopic (exact) mass is 348 g/mol. The molecule has 1 saturated heterocycles. The molecule has 1 aromatic carbocycles. The molecule has 3 rings (SSSR count). The molecule has 25 heavy (non-hydrogen) atoms. The molecule has 7 nitrogen and oxygen atoms in total.